The molecule has 0 aliphatic carbocycles. The van der Waals surface area contributed by atoms with Gasteiger partial charge in [-0.1, -0.05) is 29.8 Å². The Bertz CT molecular complexity index is 1000. The van der Waals surface area contributed by atoms with Crippen LogP contribution in [0.2, 0.25) is 0 Å². The number of hydrogen-bond donors (Lipinski definition) is 1. The molecule has 2 aromatic carbocycles. The summed E-state index contributed by atoms with van der Waals surface area (Å²) in [6.45, 7) is 2.07. The number of nitro benzene ring substituents is 1. The summed E-state index contributed by atoms with van der Waals surface area (Å²) in [6, 6.07) is 12.7. The van der Waals surface area contributed by atoms with E-state index in [2.05, 4.69) is 5.32 Å². The van der Waals surface area contributed by atoms with E-state index in [1.54, 1.807) is 6.08 Å². The molecule has 0 atom stereocenters. The quantitative estimate of drug-likeness (QED) is 0.443. The Balaban J connectivity index is 1.57. The van der Waals surface area contributed by atoms with Crippen molar-refractivity contribution in [2.24, 2.45) is 0 Å². The normalized spacial score (nSPS) is 15.1. The summed E-state index contributed by atoms with van der Waals surface area (Å²) in [7, 11) is 0. The lowest BCUT2D eigenvalue weighted by Crippen LogP contribution is -2.37. The average molecular weight is 411 g/mol. The zero-order valence-corrected chi connectivity index (χ0v) is 16.3. The Kier molecular flexibility index (Phi) is 6.08. The fraction of sp³-hybridized carbons (Fsp3) is 0.150. The molecule has 0 saturated carbocycles. The molecule has 2 aromatic rings. The van der Waals surface area contributed by atoms with Gasteiger partial charge in [0, 0.05) is 30.8 Å². The van der Waals surface area contributed by atoms with E-state index in [4.69, 9.17) is 0 Å². The van der Waals surface area contributed by atoms with Gasteiger partial charge in [-0.15, -0.1) is 0 Å². The molecule has 148 valence electrons. The van der Waals surface area contributed by atoms with Gasteiger partial charge >= 0.3 is 0 Å². The molecular weight excluding hydrogens is 394 g/mol. The Hall–Kier alpha value is -3.46. The van der Waals surface area contributed by atoms with Gasteiger partial charge in [0.2, 0.25) is 0 Å². The molecule has 0 radical (unpaired) electrons. The van der Waals surface area contributed by atoms with Gasteiger partial charge in [0.15, 0.2) is 0 Å². The van der Waals surface area contributed by atoms with Gasteiger partial charge in [-0.05, 0) is 42.5 Å². The van der Waals surface area contributed by atoms with Crippen LogP contribution < -0.4 is 5.32 Å². The SMILES string of the molecule is Cc1ccc(/C=C2\SC(=O)N(CCNC(=O)c3ccc([N+](=O)[O-])cc3)C2=O)cc1. The zero-order chi connectivity index (χ0) is 21.0. The van der Waals surface area contributed by atoms with Crippen LogP contribution in [0.4, 0.5) is 10.5 Å². The topological polar surface area (TPSA) is 110 Å². The second-order valence-electron chi connectivity index (χ2n) is 6.30. The third-order valence-electron chi connectivity index (χ3n) is 4.21. The highest BCUT2D eigenvalue weighted by Gasteiger charge is 2.34. The molecule has 1 heterocycles. The van der Waals surface area contributed by atoms with Gasteiger partial charge in [0.25, 0.3) is 22.7 Å². The molecule has 8 nitrogen and oxygen atoms in total. The van der Waals surface area contributed by atoms with Crippen LogP contribution in [-0.2, 0) is 4.79 Å². The van der Waals surface area contributed by atoms with Crippen molar-refractivity contribution in [1.82, 2.24) is 10.2 Å². The van der Waals surface area contributed by atoms with Gasteiger partial charge in [-0.3, -0.25) is 29.4 Å². The number of carbonyl (C=O) groups excluding carboxylic acids is 3. The third-order valence-corrected chi connectivity index (χ3v) is 5.12. The average Bonchev–Trinajstić information content (AvgIpc) is 2.97. The third kappa shape index (κ3) is 4.88. The van der Waals surface area contributed by atoms with Crippen molar-refractivity contribution in [1.29, 1.82) is 0 Å². The van der Waals surface area contributed by atoms with E-state index in [0.717, 1.165) is 27.8 Å². The summed E-state index contributed by atoms with van der Waals surface area (Å²) in [5.74, 6) is -0.841. The van der Waals surface area contributed by atoms with Crippen LogP contribution >= 0.6 is 11.8 Å². The minimum atomic E-state index is -0.550. The van der Waals surface area contributed by atoms with E-state index in [0.29, 0.717) is 4.91 Å². The summed E-state index contributed by atoms with van der Waals surface area (Å²) in [5, 5.41) is 12.9. The van der Waals surface area contributed by atoms with Crippen LogP contribution in [-0.4, -0.2) is 40.0 Å². The first-order valence-corrected chi connectivity index (χ1v) is 9.51. The monoisotopic (exact) mass is 411 g/mol. The number of carbonyl (C=O) groups is 3. The zero-order valence-electron chi connectivity index (χ0n) is 15.5. The predicted molar refractivity (Wildman–Crippen MR) is 109 cm³/mol. The van der Waals surface area contributed by atoms with Crippen molar-refractivity contribution in [3.05, 3.63) is 80.2 Å². The number of imide groups is 1. The molecule has 0 aromatic heterocycles. The molecule has 1 fully saturated rings. The van der Waals surface area contributed by atoms with E-state index in [-0.39, 0.29) is 24.3 Å². The first kappa shape index (κ1) is 20.3. The number of amides is 3. The Morgan fingerprint density at radius 2 is 1.79 bits per heavy atom. The lowest BCUT2D eigenvalue weighted by Gasteiger charge is -2.13. The number of rotatable bonds is 6. The Labute approximate surface area is 170 Å². The van der Waals surface area contributed by atoms with Gasteiger partial charge in [0.1, 0.15) is 0 Å². The lowest BCUT2D eigenvalue weighted by atomic mass is 10.1. The van der Waals surface area contributed by atoms with Crippen molar-refractivity contribution in [3.8, 4) is 0 Å². The number of non-ortho nitro benzene ring substituents is 1. The molecule has 9 heteroatoms. The number of aryl methyl sites for hydroxylation is 1. The summed E-state index contributed by atoms with van der Waals surface area (Å²) >= 11 is 0.862. The van der Waals surface area contributed by atoms with E-state index >= 15 is 0 Å². The standard InChI is InChI=1S/C20H17N3O5S/c1-13-2-4-14(5-3-13)12-17-19(25)22(20(26)29-17)11-10-21-18(24)15-6-8-16(9-7-15)23(27)28/h2-9,12H,10-11H2,1H3,(H,21,24)/b17-12-. The van der Waals surface area contributed by atoms with Gasteiger partial charge < -0.3 is 5.32 Å². The molecule has 1 aliphatic rings. The van der Waals surface area contributed by atoms with Crippen LogP contribution in [0.15, 0.2) is 53.4 Å². The fourth-order valence-corrected chi connectivity index (χ4v) is 3.49. The number of thioether (sulfide) groups is 1. The van der Waals surface area contributed by atoms with Crippen molar-refractivity contribution in [3.63, 3.8) is 0 Å². The van der Waals surface area contributed by atoms with Crippen molar-refractivity contribution in [2.75, 3.05) is 13.1 Å². The second-order valence-corrected chi connectivity index (χ2v) is 7.30. The van der Waals surface area contributed by atoms with Gasteiger partial charge in [-0.2, -0.15) is 0 Å². The van der Waals surface area contributed by atoms with Gasteiger partial charge in [-0.25, -0.2) is 0 Å². The molecule has 1 saturated heterocycles. The lowest BCUT2D eigenvalue weighted by molar-refractivity contribution is -0.384. The van der Waals surface area contributed by atoms with E-state index < -0.39 is 22.0 Å². The minimum absolute atomic E-state index is 0.0363. The van der Waals surface area contributed by atoms with Crippen molar-refractivity contribution < 1.29 is 19.3 Å². The Morgan fingerprint density at radius 3 is 2.41 bits per heavy atom. The molecule has 0 spiro atoms. The second kappa shape index (κ2) is 8.70. The van der Waals surface area contributed by atoms with Gasteiger partial charge in [0.05, 0.1) is 9.83 Å². The van der Waals surface area contributed by atoms with E-state index in [1.165, 1.54) is 24.3 Å². The molecule has 29 heavy (non-hydrogen) atoms. The van der Waals surface area contributed by atoms with Crippen LogP contribution in [0.25, 0.3) is 6.08 Å². The molecule has 0 unspecified atom stereocenters. The minimum Gasteiger partial charge on any atom is -0.350 e. The summed E-state index contributed by atoms with van der Waals surface area (Å²) in [5.41, 5.74) is 2.07. The van der Waals surface area contributed by atoms with Crippen LogP contribution in [0.3, 0.4) is 0 Å². The van der Waals surface area contributed by atoms with Crippen LogP contribution in [0, 0.1) is 17.0 Å². The largest absolute Gasteiger partial charge is 0.350 e. The molecular formula is C20H17N3O5S. The van der Waals surface area contributed by atoms with Crippen molar-refractivity contribution >= 4 is 40.6 Å². The molecule has 1 N–H and O–H groups in total. The molecule has 3 rings (SSSR count). The number of hydrogen-bond acceptors (Lipinski definition) is 6. The highest BCUT2D eigenvalue weighted by Crippen LogP contribution is 2.31. The first-order valence-electron chi connectivity index (χ1n) is 8.70. The van der Waals surface area contributed by atoms with E-state index in [9.17, 15) is 24.5 Å². The smallest absolute Gasteiger partial charge is 0.293 e. The highest BCUT2D eigenvalue weighted by atomic mass is 32.2. The molecule has 0 bridgehead atoms. The number of benzene rings is 2. The fourth-order valence-electron chi connectivity index (χ4n) is 2.62. The van der Waals surface area contributed by atoms with Crippen LogP contribution in [0.1, 0.15) is 21.5 Å². The predicted octanol–water partition coefficient (Wildman–Crippen LogP) is 3.37. The van der Waals surface area contributed by atoms with Crippen LogP contribution in [0.5, 0.6) is 0 Å². The summed E-state index contributed by atoms with van der Waals surface area (Å²) < 4.78 is 0. The number of nitrogens with zero attached hydrogens (tertiary/aromatic N) is 2. The first-order chi connectivity index (χ1) is 13.8. The maximum absolute atomic E-state index is 12.5. The van der Waals surface area contributed by atoms with E-state index in [1.807, 2.05) is 31.2 Å². The maximum atomic E-state index is 12.5. The summed E-state index contributed by atoms with van der Waals surface area (Å²) in [4.78, 5) is 48.2. The highest BCUT2D eigenvalue weighted by molar-refractivity contribution is 8.18. The molecule has 1 aliphatic heterocycles. The number of nitro groups is 1. The molecule has 3 amide bonds. The van der Waals surface area contributed by atoms with Crippen molar-refractivity contribution in [2.45, 2.75) is 6.92 Å². The Morgan fingerprint density at radius 1 is 1.14 bits per heavy atom. The maximum Gasteiger partial charge on any atom is 0.293 e. The summed E-state index contributed by atoms with van der Waals surface area (Å²) in [6.07, 6.45) is 1.67. The number of nitrogens with one attached hydrogen (secondary N) is 1.